The van der Waals surface area contributed by atoms with Gasteiger partial charge in [-0.2, -0.15) is 0 Å². The summed E-state index contributed by atoms with van der Waals surface area (Å²) >= 11 is 0. The summed E-state index contributed by atoms with van der Waals surface area (Å²) in [5.74, 6) is -1.57. The summed E-state index contributed by atoms with van der Waals surface area (Å²) in [6.07, 6.45) is 98.1. The van der Waals surface area contributed by atoms with Crippen LogP contribution in [0.2, 0.25) is 0 Å². The van der Waals surface area contributed by atoms with Crippen LogP contribution in [0.3, 0.4) is 0 Å². The SMILES string of the molecule is CC/C=C\C/C=C\C/C=C\C/C=C\C/C=C\C/C=C\CCCCCCCCCCC(=O)OCC(COP(=O)(O)OCC(O)COP(=O)(O)OCC(O)COC(=O)CCCCCCCCCCCCCCC/C=C\C/C=C\C/C=C\C/C=C\CCCCC)OC(=O)CCCCCCCCCCCCCCCCC. The molecule has 0 spiro atoms. The van der Waals surface area contributed by atoms with Gasteiger partial charge in [0.25, 0.3) is 0 Å². The zero-order chi connectivity index (χ0) is 78.0. The van der Waals surface area contributed by atoms with Crippen molar-refractivity contribution in [2.75, 3.05) is 39.6 Å². The van der Waals surface area contributed by atoms with E-state index in [2.05, 4.69) is 142 Å². The number of rotatable bonds is 81. The molecule has 0 fully saturated rings. The molecule has 0 amide bonds. The first-order valence-electron chi connectivity index (χ1n) is 42.8. The van der Waals surface area contributed by atoms with Crippen LogP contribution in [-0.4, -0.2) is 95.9 Å². The third-order valence-electron chi connectivity index (χ3n) is 18.2. The van der Waals surface area contributed by atoms with Gasteiger partial charge in [-0.05, 0) is 116 Å². The minimum atomic E-state index is -4.93. The van der Waals surface area contributed by atoms with Gasteiger partial charge in [0.15, 0.2) is 6.10 Å². The lowest BCUT2D eigenvalue weighted by atomic mass is 10.0. The monoisotopic (exact) mass is 1540 g/mol. The largest absolute Gasteiger partial charge is 0.472 e. The molecule has 0 radical (unpaired) electrons. The standard InChI is InChI=1S/C89H156O16P2/c1-4-7-10-13-16-19-22-25-28-30-32-34-36-38-40-41-43-45-46-48-50-52-55-57-60-63-66-69-72-75-87(92)99-78-84(90)79-101-106(95,96)102-80-85(91)81-103-107(97,98)104-83-86(105-89(94)77-74-71-68-65-62-59-54-27-24-21-18-15-12-9-6-3)82-100-88(93)76-73-70-67-64-61-58-56-53-51-49-47-44-42-39-37-35-33-31-29-26-23-20-17-14-11-8-5-2/h8,11,16-17,19-20,25-26,28-29,32-35,38-40,42,47,49,84-86,90-91H,4-7,9-10,12-15,18,21-24,27,30-31,36-37,41,43-46,48,50-83H2,1-3H3,(H,95,96)(H,97,98)/b11-8-,19-16-,20-17-,28-25-,29-26-,34-32-,35-33-,40-38-,42-39-,49-47-. The molecule has 0 saturated carbocycles. The zero-order valence-corrected chi connectivity index (χ0v) is 69.6. The molecule has 0 heterocycles. The lowest BCUT2D eigenvalue weighted by Gasteiger charge is -2.21. The molecule has 4 N–H and O–H groups in total. The number of allylic oxidation sites excluding steroid dienone is 20. The summed E-state index contributed by atoms with van der Waals surface area (Å²) in [5, 5.41) is 20.7. The molecule has 5 unspecified atom stereocenters. The van der Waals surface area contributed by atoms with E-state index in [4.69, 9.17) is 32.3 Å². The molecule has 0 aromatic carbocycles. The number of carbonyl (C=O) groups excluding carboxylic acids is 3. The van der Waals surface area contributed by atoms with E-state index in [0.29, 0.717) is 19.3 Å². The second-order valence-electron chi connectivity index (χ2n) is 28.6. The van der Waals surface area contributed by atoms with E-state index in [9.17, 15) is 43.5 Å². The summed E-state index contributed by atoms with van der Waals surface area (Å²) in [6, 6.07) is 0. The van der Waals surface area contributed by atoms with E-state index in [1.807, 2.05) is 0 Å². The van der Waals surface area contributed by atoms with Crippen LogP contribution < -0.4 is 0 Å². The average Bonchev–Trinajstić information content (AvgIpc) is 0.913. The fourth-order valence-electron chi connectivity index (χ4n) is 11.7. The molecule has 0 aliphatic carbocycles. The normalized spacial score (nSPS) is 14.5. The quantitative estimate of drug-likeness (QED) is 0.0146. The van der Waals surface area contributed by atoms with Crippen LogP contribution in [0.1, 0.15) is 367 Å². The number of hydrogen-bond donors (Lipinski definition) is 4. The van der Waals surface area contributed by atoms with E-state index in [1.54, 1.807) is 0 Å². The fraction of sp³-hybridized carbons (Fsp3) is 0.742. The van der Waals surface area contributed by atoms with Crippen molar-refractivity contribution in [2.45, 2.75) is 386 Å². The Bertz CT molecular complexity index is 2430. The first-order chi connectivity index (χ1) is 52.2. The Morgan fingerprint density at radius 2 is 0.495 bits per heavy atom. The van der Waals surface area contributed by atoms with Crippen LogP contribution in [0.4, 0.5) is 0 Å². The van der Waals surface area contributed by atoms with Crippen LogP contribution in [0, 0.1) is 0 Å². The number of carbonyl (C=O) groups is 3. The van der Waals surface area contributed by atoms with E-state index in [0.717, 1.165) is 141 Å². The molecule has 0 bridgehead atoms. The second kappa shape index (κ2) is 81.4. The van der Waals surface area contributed by atoms with Crippen molar-refractivity contribution < 1.29 is 75.8 Å². The maximum absolute atomic E-state index is 13.0. The van der Waals surface area contributed by atoms with Crippen LogP contribution in [-0.2, 0) is 55.8 Å². The maximum atomic E-state index is 13.0. The predicted molar refractivity (Wildman–Crippen MR) is 445 cm³/mol. The van der Waals surface area contributed by atoms with E-state index >= 15 is 0 Å². The molecule has 0 aliphatic rings. The van der Waals surface area contributed by atoms with Gasteiger partial charge in [-0.3, -0.25) is 32.5 Å². The topological polar surface area (TPSA) is 231 Å². The summed E-state index contributed by atoms with van der Waals surface area (Å²) in [4.78, 5) is 58.8. The number of aliphatic hydroxyl groups excluding tert-OH is 2. The summed E-state index contributed by atoms with van der Waals surface area (Å²) < 4.78 is 61.3. The Hall–Kier alpha value is -4.05. The number of esters is 3. The van der Waals surface area contributed by atoms with Crippen molar-refractivity contribution in [2.24, 2.45) is 0 Å². The first kappa shape index (κ1) is 103. The summed E-state index contributed by atoms with van der Waals surface area (Å²) in [5.41, 5.74) is 0. The fourth-order valence-corrected chi connectivity index (χ4v) is 13.3. The molecule has 0 aromatic rings. The molecule has 0 saturated heterocycles. The highest BCUT2D eigenvalue weighted by Gasteiger charge is 2.29. The number of hydrogen-bond acceptors (Lipinski definition) is 14. The Morgan fingerprint density at radius 1 is 0.271 bits per heavy atom. The molecule has 618 valence electrons. The van der Waals surface area contributed by atoms with Gasteiger partial charge >= 0.3 is 33.6 Å². The third-order valence-corrected chi connectivity index (χ3v) is 20.1. The van der Waals surface area contributed by atoms with Crippen LogP contribution >= 0.6 is 15.6 Å². The Kier molecular flexibility index (Phi) is 78.4. The number of aliphatic hydroxyl groups is 2. The Morgan fingerprint density at radius 3 is 0.804 bits per heavy atom. The minimum absolute atomic E-state index is 0.105. The number of unbranched alkanes of at least 4 members (excludes halogenated alkanes) is 38. The average molecular weight is 1540 g/mol. The summed E-state index contributed by atoms with van der Waals surface area (Å²) in [7, 11) is -9.79. The van der Waals surface area contributed by atoms with Gasteiger partial charge < -0.3 is 34.2 Å². The molecule has 0 aliphatic heterocycles. The van der Waals surface area contributed by atoms with Gasteiger partial charge in [-0.25, -0.2) is 9.13 Å². The van der Waals surface area contributed by atoms with Crippen molar-refractivity contribution in [3.05, 3.63) is 122 Å². The molecule has 107 heavy (non-hydrogen) atoms. The first-order valence-corrected chi connectivity index (χ1v) is 45.8. The second-order valence-corrected chi connectivity index (χ2v) is 31.5. The van der Waals surface area contributed by atoms with E-state index in [-0.39, 0.29) is 19.3 Å². The van der Waals surface area contributed by atoms with Gasteiger partial charge in [0.2, 0.25) is 0 Å². The molecule has 5 atom stereocenters. The number of ether oxygens (including phenoxy) is 3. The lowest BCUT2D eigenvalue weighted by Crippen LogP contribution is -2.30. The van der Waals surface area contributed by atoms with Crippen LogP contribution in [0.5, 0.6) is 0 Å². The highest BCUT2D eigenvalue weighted by molar-refractivity contribution is 7.47. The number of phosphoric ester groups is 2. The van der Waals surface area contributed by atoms with Gasteiger partial charge in [-0.15, -0.1) is 0 Å². The van der Waals surface area contributed by atoms with Crippen molar-refractivity contribution in [1.82, 2.24) is 0 Å². The van der Waals surface area contributed by atoms with Crippen LogP contribution in [0.15, 0.2) is 122 Å². The smallest absolute Gasteiger partial charge is 0.463 e. The van der Waals surface area contributed by atoms with Gasteiger partial charge in [0.05, 0.1) is 26.4 Å². The van der Waals surface area contributed by atoms with Gasteiger partial charge in [0, 0.05) is 19.3 Å². The lowest BCUT2D eigenvalue weighted by molar-refractivity contribution is -0.161. The highest BCUT2D eigenvalue weighted by atomic mass is 31.2. The zero-order valence-electron chi connectivity index (χ0n) is 67.8. The molecular weight excluding hydrogens is 1390 g/mol. The third kappa shape index (κ3) is 82.7. The van der Waals surface area contributed by atoms with Crippen molar-refractivity contribution in [3.8, 4) is 0 Å². The predicted octanol–water partition coefficient (Wildman–Crippen LogP) is 25.7. The van der Waals surface area contributed by atoms with E-state index in [1.165, 1.54) is 167 Å². The molecule has 18 heteroatoms. The highest BCUT2D eigenvalue weighted by Crippen LogP contribution is 2.45. The molecular formula is C89H156O16P2. The minimum Gasteiger partial charge on any atom is -0.463 e. The van der Waals surface area contributed by atoms with Crippen molar-refractivity contribution in [3.63, 3.8) is 0 Å². The van der Waals surface area contributed by atoms with Crippen molar-refractivity contribution in [1.29, 1.82) is 0 Å². The molecule has 0 aromatic heterocycles. The van der Waals surface area contributed by atoms with Gasteiger partial charge in [-0.1, -0.05) is 354 Å². The Labute approximate surface area is 653 Å². The van der Waals surface area contributed by atoms with Crippen LogP contribution in [0.25, 0.3) is 0 Å². The molecule has 16 nitrogen and oxygen atoms in total. The molecule has 0 rings (SSSR count). The summed E-state index contributed by atoms with van der Waals surface area (Å²) in [6.45, 7) is 2.58. The van der Waals surface area contributed by atoms with Gasteiger partial charge in [0.1, 0.15) is 25.4 Å². The Balaban J connectivity index is 4.53. The number of phosphoric acid groups is 2. The van der Waals surface area contributed by atoms with Crippen molar-refractivity contribution >= 4 is 33.6 Å². The van der Waals surface area contributed by atoms with E-state index < -0.39 is 91.5 Å². The maximum Gasteiger partial charge on any atom is 0.472 e.